The third kappa shape index (κ3) is 6.34. The topological polar surface area (TPSA) is 28.1 Å². The van der Waals surface area contributed by atoms with Crippen molar-refractivity contribution in [2.24, 2.45) is 0 Å². The van der Waals surface area contributed by atoms with E-state index in [2.05, 4.69) is 20.9 Å². The van der Waals surface area contributed by atoms with Gasteiger partial charge in [-0.25, -0.2) is 4.39 Å². The number of hydrogen-bond acceptors (Lipinski definition) is 1. The predicted molar refractivity (Wildman–Crippen MR) is 53.8 cm³/mol. The van der Waals surface area contributed by atoms with Gasteiger partial charge in [-0.05, 0) is 28.9 Å². The molecule has 0 aliphatic heterocycles. The zero-order chi connectivity index (χ0) is 12.9. The molecule has 0 atom stereocenters. The van der Waals surface area contributed by atoms with Gasteiger partial charge < -0.3 is 17.3 Å². The zero-order valence-electron chi connectivity index (χ0n) is 7.89. The summed E-state index contributed by atoms with van der Waals surface area (Å²) in [5, 5.41) is 8.38. The maximum atomic E-state index is 12.7. The van der Waals surface area contributed by atoms with Gasteiger partial charge >= 0.3 is 12.9 Å². The van der Waals surface area contributed by atoms with Crippen LogP contribution in [0.25, 0.3) is 4.98 Å². The van der Waals surface area contributed by atoms with Crippen molar-refractivity contribution in [3.63, 3.8) is 0 Å². The molecule has 0 amide bonds. The molecule has 1 aromatic rings. The average Bonchev–Trinajstić information content (AvgIpc) is 2.08. The van der Waals surface area contributed by atoms with Crippen molar-refractivity contribution in [3.05, 3.63) is 33.0 Å². The van der Waals surface area contributed by atoms with Crippen molar-refractivity contribution < 1.29 is 21.7 Å². The molecule has 0 N–H and O–H groups in total. The molecule has 1 rings (SSSR count). The average molecular weight is 303 g/mol. The highest BCUT2D eigenvalue weighted by Gasteiger charge is 2.20. The lowest BCUT2D eigenvalue weighted by Crippen LogP contribution is -2.02. The summed E-state index contributed by atoms with van der Waals surface area (Å²) in [5.74, 6) is -0.427. The van der Waals surface area contributed by atoms with Gasteiger partial charge in [0.2, 0.25) is 5.39 Å². The van der Waals surface area contributed by atoms with E-state index >= 15 is 0 Å². The minimum absolute atomic E-state index is 0.255. The summed E-state index contributed by atoms with van der Waals surface area (Å²) < 4.78 is 52.1. The first-order chi connectivity index (χ1) is 7.15. The molecule has 0 saturated carbocycles. The first-order valence-corrected chi connectivity index (χ1v) is 4.62. The Morgan fingerprint density at radius 2 is 1.69 bits per heavy atom. The molecule has 16 heavy (non-hydrogen) atoms. The molecule has 0 aromatic heterocycles. The van der Waals surface area contributed by atoms with E-state index in [1.54, 1.807) is 13.0 Å². The SMILES string of the molecule is Cc1cc(Br)c(F)cc1[N+]#N.F[B-](F)(F)F. The van der Waals surface area contributed by atoms with Crippen LogP contribution in [0.1, 0.15) is 5.56 Å². The van der Waals surface area contributed by atoms with Crippen LogP contribution in [-0.4, -0.2) is 7.25 Å². The highest BCUT2D eigenvalue weighted by atomic mass is 79.9. The molecule has 0 bridgehead atoms. The molecule has 2 nitrogen and oxygen atoms in total. The first-order valence-electron chi connectivity index (χ1n) is 3.83. The van der Waals surface area contributed by atoms with Gasteiger partial charge in [0.15, 0.2) is 4.98 Å². The van der Waals surface area contributed by atoms with Crippen LogP contribution < -0.4 is 0 Å². The lowest BCUT2D eigenvalue weighted by atomic mass is 10.2. The van der Waals surface area contributed by atoms with Crippen molar-refractivity contribution in [1.29, 1.82) is 5.39 Å². The summed E-state index contributed by atoms with van der Waals surface area (Å²) in [6.45, 7) is 1.74. The number of hydrogen-bond donors (Lipinski definition) is 0. The highest BCUT2D eigenvalue weighted by Crippen LogP contribution is 2.25. The van der Waals surface area contributed by atoms with Gasteiger partial charge in [0.05, 0.1) is 10.5 Å². The van der Waals surface area contributed by atoms with Crippen LogP contribution in [0, 0.1) is 18.1 Å². The second-order valence-corrected chi connectivity index (χ2v) is 3.50. The van der Waals surface area contributed by atoms with Crippen molar-refractivity contribution in [1.82, 2.24) is 0 Å². The van der Waals surface area contributed by atoms with Crippen LogP contribution in [0.15, 0.2) is 16.6 Å². The van der Waals surface area contributed by atoms with Crippen LogP contribution in [0.3, 0.4) is 0 Å². The van der Waals surface area contributed by atoms with Gasteiger partial charge in [-0.3, -0.25) is 0 Å². The summed E-state index contributed by atoms with van der Waals surface area (Å²) in [6.07, 6.45) is 0. The molecule has 9 heteroatoms. The quantitative estimate of drug-likeness (QED) is 0.388. The number of rotatable bonds is 0. The lowest BCUT2D eigenvalue weighted by molar-refractivity contribution is 0.368. The molecule has 0 radical (unpaired) electrons. The molecule has 1 aromatic carbocycles. The van der Waals surface area contributed by atoms with Crippen molar-refractivity contribution in [3.8, 4) is 0 Å². The fourth-order valence-corrected chi connectivity index (χ4v) is 1.20. The van der Waals surface area contributed by atoms with Crippen LogP contribution in [0.4, 0.5) is 27.3 Å². The Bertz CT molecular complexity index is 408. The fraction of sp³-hybridized carbons (Fsp3) is 0.143. The first kappa shape index (κ1) is 14.8. The molecular weight excluding hydrogens is 298 g/mol. The molecule has 0 spiro atoms. The predicted octanol–water partition coefficient (Wildman–Crippen LogP) is 4.68. The number of aryl methyl sites for hydroxylation is 1. The van der Waals surface area contributed by atoms with Crippen LogP contribution in [0.5, 0.6) is 0 Å². The monoisotopic (exact) mass is 302 g/mol. The lowest BCUT2D eigenvalue weighted by Gasteiger charge is -1.94. The van der Waals surface area contributed by atoms with E-state index in [0.29, 0.717) is 4.47 Å². The number of halogens is 6. The Morgan fingerprint density at radius 3 is 2.06 bits per heavy atom. The molecule has 0 saturated heterocycles. The van der Waals surface area contributed by atoms with Crippen molar-refractivity contribution >= 4 is 28.9 Å². The Hall–Kier alpha value is -1.17. The minimum Gasteiger partial charge on any atom is -0.418 e. The third-order valence-corrected chi connectivity index (χ3v) is 1.95. The highest BCUT2D eigenvalue weighted by molar-refractivity contribution is 9.10. The Labute approximate surface area is 96.3 Å². The van der Waals surface area contributed by atoms with E-state index in [1.807, 2.05) is 0 Å². The van der Waals surface area contributed by atoms with Crippen molar-refractivity contribution in [2.75, 3.05) is 0 Å². The third-order valence-electron chi connectivity index (χ3n) is 1.35. The summed E-state index contributed by atoms with van der Waals surface area (Å²) in [6, 6.07) is 2.73. The number of benzene rings is 1. The van der Waals surface area contributed by atoms with Gasteiger partial charge in [-0.15, -0.1) is 0 Å². The maximum Gasteiger partial charge on any atom is 0.673 e. The number of nitrogens with zero attached hydrogens (tertiary/aromatic N) is 2. The van der Waals surface area contributed by atoms with Crippen LogP contribution >= 0.6 is 15.9 Å². The standard InChI is InChI=1S/C7H5BrFN2.BF4/c1-4-2-5(8)6(9)3-7(4)11-10;2-1(3,4)5/h2-3H,1H3;/q+1;-1. The normalized spacial score (nSPS) is 10.1. The van der Waals surface area contributed by atoms with Gasteiger partial charge in [-0.1, -0.05) is 0 Å². The van der Waals surface area contributed by atoms with Gasteiger partial charge in [-0.2, -0.15) is 0 Å². The van der Waals surface area contributed by atoms with Gasteiger partial charge in [0.1, 0.15) is 5.82 Å². The van der Waals surface area contributed by atoms with Gasteiger partial charge in [0, 0.05) is 5.56 Å². The Kier molecular flexibility index (Phi) is 5.37. The van der Waals surface area contributed by atoms with E-state index in [0.717, 1.165) is 5.56 Å². The summed E-state index contributed by atoms with van der Waals surface area (Å²) in [7, 11) is -6.00. The van der Waals surface area contributed by atoms with E-state index in [-0.39, 0.29) is 5.69 Å². The Morgan fingerprint density at radius 1 is 1.25 bits per heavy atom. The zero-order valence-corrected chi connectivity index (χ0v) is 9.48. The minimum atomic E-state index is -6.00. The summed E-state index contributed by atoms with van der Waals surface area (Å²) in [4.78, 5) is 2.91. The van der Waals surface area contributed by atoms with E-state index in [4.69, 9.17) is 5.39 Å². The molecule has 0 fully saturated rings. The van der Waals surface area contributed by atoms with Crippen LogP contribution in [0.2, 0.25) is 0 Å². The largest absolute Gasteiger partial charge is 0.673 e. The Balaban J connectivity index is 0.000000385. The fourth-order valence-electron chi connectivity index (χ4n) is 0.744. The van der Waals surface area contributed by atoms with Crippen molar-refractivity contribution in [2.45, 2.75) is 6.92 Å². The van der Waals surface area contributed by atoms with Crippen LogP contribution in [-0.2, 0) is 0 Å². The molecular formula is C7H5BBrF5N2. The molecule has 0 heterocycles. The molecule has 0 unspecified atom stereocenters. The summed E-state index contributed by atoms with van der Waals surface area (Å²) in [5.41, 5.74) is 0.978. The maximum absolute atomic E-state index is 12.7. The molecule has 88 valence electrons. The summed E-state index contributed by atoms with van der Waals surface area (Å²) >= 11 is 3.01. The molecule has 0 aliphatic rings. The molecule has 0 aliphatic carbocycles. The van der Waals surface area contributed by atoms with Gasteiger partial charge in [0.25, 0.3) is 0 Å². The van der Waals surface area contributed by atoms with E-state index in [1.165, 1.54) is 6.07 Å². The smallest absolute Gasteiger partial charge is 0.418 e. The van der Waals surface area contributed by atoms with E-state index < -0.39 is 13.1 Å². The van der Waals surface area contributed by atoms with E-state index in [9.17, 15) is 21.7 Å². The second kappa shape index (κ2) is 5.79. The second-order valence-electron chi connectivity index (χ2n) is 2.65. The number of diazo groups is 1.